The summed E-state index contributed by atoms with van der Waals surface area (Å²) in [5.41, 5.74) is 5.48. The van der Waals surface area contributed by atoms with Gasteiger partial charge in [0.05, 0.1) is 19.2 Å². The molecule has 0 aliphatic carbocycles. The monoisotopic (exact) mass is 379 g/mol. The Morgan fingerprint density at radius 2 is 1.86 bits per heavy atom. The summed E-state index contributed by atoms with van der Waals surface area (Å²) in [6.07, 6.45) is 1.79. The Bertz CT molecular complexity index is 858. The van der Waals surface area contributed by atoms with Gasteiger partial charge in [-0.1, -0.05) is 38.1 Å². The lowest BCUT2D eigenvalue weighted by Crippen LogP contribution is -2.30. The van der Waals surface area contributed by atoms with E-state index in [-0.39, 0.29) is 18.2 Å². The third-order valence-electron chi connectivity index (χ3n) is 4.87. The van der Waals surface area contributed by atoms with E-state index in [0.29, 0.717) is 12.5 Å². The van der Waals surface area contributed by atoms with Crippen molar-refractivity contribution in [2.75, 3.05) is 18.6 Å². The summed E-state index contributed by atoms with van der Waals surface area (Å²) >= 11 is 0. The lowest BCUT2D eigenvalue weighted by Gasteiger charge is -2.16. The van der Waals surface area contributed by atoms with Gasteiger partial charge in [-0.3, -0.25) is 9.59 Å². The zero-order chi connectivity index (χ0) is 20.1. The van der Waals surface area contributed by atoms with Gasteiger partial charge in [-0.05, 0) is 41.3 Å². The Hall–Kier alpha value is -3.15. The highest BCUT2D eigenvalue weighted by Crippen LogP contribution is 2.26. The Balaban J connectivity index is 1.56. The standard InChI is InChI=1S/C22H25N3O3/c1-15(2)17-6-4-16(5-7-17)13-23-24-22(27)18-12-21(26)25(14-18)19-8-10-20(28-3)11-9-19/h4-11,13,15,18H,12,14H2,1-3H3,(H,24,27). The Morgan fingerprint density at radius 3 is 2.46 bits per heavy atom. The van der Waals surface area contributed by atoms with Gasteiger partial charge in [-0.25, -0.2) is 5.43 Å². The molecule has 1 saturated heterocycles. The number of nitrogens with one attached hydrogen (secondary N) is 1. The minimum atomic E-state index is -0.421. The van der Waals surface area contributed by atoms with E-state index in [9.17, 15) is 9.59 Å². The van der Waals surface area contributed by atoms with Crippen LogP contribution in [-0.4, -0.2) is 31.7 Å². The predicted octanol–water partition coefficient (Wildman–Crippen LogP) is 3.32. The smallest absolute Gasteiger partial charge is 0.245 e. The van der Waals surface area contributed by atoms with Crippen molar-refractivity contribution in [2.45, 2.75) is 26.2 Å². The van der Waals surface area contributed by atoms with Crippen molar-refractivity contribution in [1.29, 1.82) is 0 Å². The molecule has 1 aliphatic heterocycles. The maximum Gasteiger partial charge on any atom is 0.245 e. The van der Waals surface area contributed by atoms with Crippen molar-refractivity contribution in [1.82, 2.24) is 5.43 Å². The molecule has 6 heteroatoms. The molecule has 1 unspecified atom stereocenters. The SMILES string of the molecule is COc1ccc(N2CC(C(=O)NN=Cc3ccc(C(C)C)cc3)CC2=O)cc1. The van der Waals surface area contributed by atoms with E-state index in [1.54, 1.807) is 30.4 Å². The van der Waals surface area contributed by atoms with Crippen LogP contribution in [0.15, 0.2) is 53.6 Å². The van der Waals surface area contributed by atoms with Crippen LogP contribution in [0, 0.1) is 5.92 Å². The van der Waals surface area contributed by atoms with E-state index in [2.05, 4.69) is 36.5 Å². The summed E-state index contributed by atoms with van der Waals surface area (Å²) < 4.78 is 5.13. The predicted molar refractivity (Wildman–Crippen MR) is 110 cm³/mol. The van der Waals surface area contributed by atoms with Crippen LogP contribution < -0.4 is 15.1 Å². The molecule has 28 heavy (non-hydrogen) atoms. The fourth-order valence-corrected chi connectivity index (χ4v) is 3.12. The van der Waals surface area contributed by atoms with Crippen LogP contribution in [0.1, 0.15) is 37.3 Å². The largest absolute Gasteiger partial charge is 0.497 e. The van der Waals surface area contributed by atoms with E-state index < -0.39 is 5.92 Å². The summed E-state index contributed by atoms with van der Waals surface area (Å²) in [6.45, 7) is 4.62. The Labute approximate surface area is 165 Å². The summed E-state index contributed by atoms with van der Waals surface area (Å²) in [5, 5.41) is 4.04. The second-order valence-corrected chi connectivity index (χ2v) is 7.16. The van der Waals surface area contributed by atoms with Gasteiger partial charge < -0.3 is 9.64 Å². The molecule has 0 saturated carbocycles. The number of nitrogens with zero attached hydrogens (tertiary/aromatic N) is 2. The van der Waals surface area contributed by atoms with E-state index in [1.165, 1.54) is 5.56 Å². The molecule has 2 aromatic carbocycles. The number of carbonyl (C=O) groups excluding carboxylic acids is 2. The van der Waals surface area contributed by atoms with Crippen molar-refractivity contribution < 1.29 is 14.3 Å². The number of carbonyl (C=O) groups is 2. The average molecular weight is 379 g/mol. The first-order valence-electron chi connectivity index (χ1n) is 9.35. The first-order chi connectivity index (χ1) is 13.5. The van der Waals surface area contributed by atoms with E-state index in [1.807, 2.05) is 24.3 Å². The highest BCUT2D eigenvalue weighted by Gasteiger charge is 2.35. The number of hydrogen-bond donors (Lipinski definition) is 1. The van der Waals surface area contributed by atoms with Gasteiger partial charge in [0.15, 0.2) is 0 Å². The molecule has 0 radical (unpaired) electrons. The zero-order valence-electron chi connectivity index (χ0n) is 16.4. The molecular weight excluding hydrogens is 354 g/mol. The number of rotatable bonds is 6. The van der Waals surface area contributed by atoms with Crippen LogP contribution in [0.25, 0.3) is 0 Å². The first-order valence-corrected chi connectivity index (χ1v) is 9.35. The number of benzene rings is 2. The van der Waals surface area contributed by atoms with Gasteiger partial charge in [-0.2, -0.15) is 5.10 Å². The average Bonchev–Trinajstić information content (AvgIpc) is 3.10. The molecule has 3 rings (SSSR count). The summed E-state index contributed by atoms with van der Waals surface area (Å²) in [4.78, 5) is 26.3. The topological polar surface area (TPSA) is 71.0 Å². The molecule has 0 aromatic heterocycles. The minimum absolute atomic E-state index is 0.0708. The zero-order valence-corrected chi connectivity index (χ0v) is 16.4. The highest BCUT2D eigenvalue weighted by molar-refractivity contribution is 6.00. The van der Waals surface area contributed by atoms with E-state index in [4.69, 9.17) is 4.74 Å². The van der Waals surface area contributed by atoms with Gasteiger partial charge in [-0.15, -0.1) is 0 Å². The third kappa shape index (κ3) is 4.57. The fraction of sp³-hybridized carbons (Fsp3) is 0.318. The first kappa shape index (κ1) is 19.6. The van der Waals surface area contributed by atoms with Gasteiger partial charge in [0.25, 0.3) is 0 Å². The maximum absolute atomic E-state index is 12.4. The highest BCUT2D eigenvalue weighted by atomic mass is 16.5. The Kier molecular flexibility index (Phi) is 6.09. The van der Waals surface area contributed by atoms with Crippen LogP contribution >= 0.6 is 0 Å². The molecule has 0 bridgehead atoms. The molecule has 1 N–H and O–H groups in total. The molecule has 1 aliphatic rings. The Morgan fingerprint density at radius 1 is 1.18 bits per heavy atom. The normalized spacial score (nSPS) is 16.8. The second-order valence-electron chi connectivity index (χ2n) is 7.16. The molecule has 0 spiro atoms. The number of anilines is 1. The van der Waals surface area contributed by atoms with Gasteiger partial charge in [0.1, 0.15) is 5.75 Å². The third-order valence-corrected chi connectivity index (χ3v) is 4.87. The quantitative estimate of drug-likeness (QED) is 0.618. The van der Waals surface area contributed by atoms with Crippen molar-refractivity contribution in [3.8, 4) is 5.75 Å². The van der Waals surface area contributed by atoms with Crippen molar-refractivity contribution >= 4 is 23.7 Å². The van der Waals surface area contributed by atoms with Gasteiger partial charge in [0, 0.05) is 18.7 Å². The molecule has 6 nitrogen and oxygen atoms in total. The summed E-state index contributed by atoms with van der Waals surface area (Å²) in [7, 11) is 1.59. The molecule has 1 fully saturated rings. The molecule has 2 aromatic rings. The molecular formula is C22H25N3O3. The molecule has 2 amide bonds. The van der Waals surface area contributed by atoms with Crippen LogP contribution in [0.2, 0.25) is 0 Å². The minimum Gasteiger partial charge on any atom is -0.497 e. The summed E-state index contributed by atoms with van der Waals surface area (Å²) in [5.74, 6) is 0.452. The van der Waals surface area contributed by atoms with Gasteiger partial charge in [0.2, 0.25) is 11.8 Å². The number of amides is 2. The number of hydrazone groups is 1. The van der Waals surface area contributed by atoms with Crippen molar-refractivity contribution in [2.24, 2.45) is 11.0 Å². The lowest BCUT2D eigenvalue weighted by atomic mass is 10.0. The molecule has 1 heterocycles. The van der Waals surface area contributed by atoms with Gasteiger partial charge >= 0.3 is 0 Å². The molecule has 146 valence electrons. The lowest BCUT2D eigenvalue weighted by molar-refractivity contribution is -0.126. The second kappa shape index (κ2) is 8.69. The van der Waals surface area contributed by atoms with Crippen LogP contribution in [-0.2, 0) is 9.59 Å². The van der Waals surface area contributed by atoms with Crippen LogP contribution in [0.5, 0.6) is 5.75 Å². The van der Waals surface area contributed by atoms with E-state index >= 15 is 0 Å². The summed E-state index contributed by atoms with van der Waals surface area (Å²) in [6, 6.07) is 15.3. The fourth-order valence-electron chi connectivity index (χ4n) is 3.12. The van der Waals surface area contributed by atoms with Crippen LogP contribution in [0.3, 0.4) is 0 Å². The van der Waals surface area contributed by atoms with E-state index in [0.717, 1.165) is 17.0 Å². The maximum atomic E-state index is 12.4. The van der Waals surface area contributed by atoms with Crippen molar-refractivity contribution in [3.63, 3.8) is 0 Å². The van der Waals surface area contributed by atoms with Crippen molar-refractivity contribution in [3.05, 3.63) is 59.7 Å². The number of ether oxygens (including phenoxy) is 1. The van der Waals surface area contributed by atoms with Crippen LogP contribution in [0.4, 0.5) is 5.69 Å². The molecule has 1 atom stereocenters. The number of methoxy groups -OCH3 is 1. The number of hydrogen-bond acceptors (Lipinski definition) is 4.